The molecule has 4 nitrogen and oxygen atoms in total. The van der Waals surface area contributed by atoms with E-state index < -0.39 is 0 Å². The number of carbonyl (C=O) groups excluding carboxylic acids is 1. The molecule has 0 radical (unpaired) electrons. The van der Waals surface area contributed by atoms with Crippen LogP contribution in [0.5, 0.6) is 0 Å². The quantitative estimate of drug-likeness (QED) is 0.849. The summed E-state index contributed by atoms with van der Waals surface area (Å²) in [4.78, 5) is 16.3. The number of piperazine rings is 1. The van der Waals surface area contributed by atoms with Crippen LogP contribution in [0.3, 0.4) is 0 Å². The molecule has 1 fully saturated rings. The summed E-state index contributed by atoms with van der Waals surface area (Å²) in [6.07, 6.45) is 0.438. The van der Waals surface area contributed by atoms with Crippen molar-refractivity contribution in [2.24, 2.45) is 0 Å². The second kappa shape index (κ2) is 6.87. The van der Waals surface area contributed by atoms with E-state index in [1.807, 2.05) is 36.1 Å². The minimum absolute atomic E-state index is 0.0719. The third-order valence-corrected chi connectivity index (χ3v) is 4.14. The third-order valence-electron chi connectivity index (χ3n) is 3.65. The number of hydrogen-bond acceptors (Lipinski definition) is 3. The molecule has 0 aliphatic carbocycles. The van der Waals surface area contributed by atoms with Gasteiger partial charge in [0, 0.05) is 30.7 Å². The number of nitriles is 1. The van der Waals surface area contributed by atoms with Gasteiger partial charge in [0.2, 0.25) is 5.91 Å². The van der Waals surface area contributed by atoms with E-state index in [1.165, 1.54) is 0 Å². The van der Waals surface area contributed by atoms with Crippen molar-refractivity contribution in [1.29, 1.82) is 5.26 Å². The number of carbonyl (C=O) groups is 1. The number of benzene rings is 1. The first kappa shape index (κ1) is 15.0. The van der Waals surface area contributed by atoms with Crippen molar-refractivity contribution in [1.82, 2.24) is 9.80 Å². The first-order valence-electron chi connectivity index (χ1n) is 6.76. The molecule has 0 saturated carbocycles. The van der Waals surface area contributed by atoms with Gasteiger partial charge in [-0.2, -0.15) is 5.26 Å². The van der Waals surface area contributed by atoms with Gasteiger partial charge >= 0.3 is 0 Å². The Labute approximate surface area is 128 Å². The molecule has 1 heterocycles. The van der Waals surface area contributed by atoms with Gasteiger partial charge in [0.15, 0.2) is 0 Å². The van der Waals surface area contributed by atoms with E-state index in [-0.39, 0.29) is 11.9 Å². The lowest BCUT2D eigenvalue weighted by atomic mass is 10.1. The predicted octanol–water partition coefficient (Wildman–Crippen LogP) is 2.05. The Morgan fingerprint density at radius 1 is 1.40 bits per heavy atom. The minimum Gasteiger partial charge on any atom is -0.340 e. The van der Waals surface area contributed by atoms with E-state index in [2.05, 4.69) is 26.9 Å². The molecule has 1 aromatic rings. The van der Waals surface area contributed by atoms with Crippen LogP contribution in [-0.4, -0.2) is 47.9 Å². The summed E-state index contributed by atoms with van der Waals surface area (Å²) in [5.74, 6) is 0.160. The van der Waals surface area contributed by atoms with Gasteiger partial charge in [-0.15, -0.1) is 0 Å². The van der Waals surface area contributed by atoms with Crippen LogP contribution in [0.1, 0.15) is 12.5 Å². The largest absolute Gasteiger partial charge is 0.340 e. The molecule has 20 heavy (non-hydrogen) atoms. The minimum atomic E-state index is -0.0719. The maximum absolute atomic E-state index is 12.3. The number of nitrogens with zero attached hydrogens (tertiary/aromatic N) is 3. The Bertz CT molecular complexity index is 518. The molecule has 1 aromatic carbocycles. The van der Waals surface area contributed by atoms with Crippen molar-refractivity contribution in [3.63, 3.8) is 0 Å². The van der Waals surface area contributed by atoms with Crippen LogP contribution in [0.25, 0.3) is 0 Å². The third kappa shape index (κ3) is 3.81. The zero-order valence-electron chi connectivity index (χ0n) is 11.6. The van der Waals surface area contributed by atoms with Crippen molar-refractivity contribution >= 4 is 21.8 Å². The average molecular weight is 336 g/mol. The summed E-state index contributed by atoms with van der Waals surface area (Å²) in [7, 11) is 0. The number of halogens is 1. The predicted molar refractivity (Wildman–Crippen MR) is 81.1 cm³/mol. The molecule has 5 heteroatoms. The maximum Gasteiger partial charge on any atom is 0.227 e. The Hall–Kier alpha value is -1.38. The lowest BCUT2D eigenvalue weighted by Gasteiger charge is -2.36. The molecular formula is C15H18BrN3O. The highest BCUT2D eigenvalue weighted by Crippen LogP contribution is 2.14. The van der Waals surface area contributed by atoms with Gasteiger partial charge in [0.05, 0.1) is 18.5 Å². The molecular weight excluding hydrogens is 318 g/mol. The van der Waals surface area contributed by atoms with Gasteiger partial charge in [-0.05, 0) is 24.6 Å². The summed E-state index contributed by atoms with van der Waals surface area (Å²) in [5.41, 5.74) is 1.03. The van der Waals surface area contributed by atoms with Gasteiger partial charge in [-0.3, -0.25) is 9.69 Å². The first-order chi connectivity index (χ1) is 9.60. The summed E-state index contributed by atoms with van der Waals surface area (Å²) < 4.78 is 0.996. The smallest absolute Gasteiger partial charge is 0.227 e. The molecule has 0 spiro atoms. The molecule has 0 bridgehead atoms. The van der Waals surface area contributed by atoms with Crippen LogP contribution >= 0.6 is 15.9 Å². The molecule has 1 aliphatic rings. The second-order valence-electron chi connectivity index (χ2n) is 5.03. The van der Waals surface area contributed by atoms with Crippen molar-refractivity contribution < 1.29 is 4.79 Å². The van der Waals surface area contributed by atoms with Crippen LogP contribution in [0.4, 0.5) is 0 Å². The highest BCUT2D eigenvalue weighted by molar-refractivity contribution is 9.10. The molecule has 2 rings (SSSR count). The topological polar surface area (TPSA) is 47.3 Å². The van der Waals surface area contributed by atoms with E-state index in [0.717, 1.165) is 23.1 Å². The lowest BCUT2D eigenvalue weighted by Crippen LogP contribution is -2.51. The number of hydrogen-bond donors (Lipinski definition) is 0. The molecule has 1 unspecified atom stereocenters. The fourth-order valence-corrected chi connectivity index (χ4v) is 2.82. The highest BCUT2D eigenvalue weighted by Gasteiger charge is 2.23. The summed E-state index contributed by atoms with van der Waals surface area (Å²) >= 11 is 3.42. The average Bonchev–Trinajstić information content (AvgIpc) is 2.46. The molecule has 0 N–H and O–H groups in total. The summed E-state index contributed by atoms with van der Waals surface area (Å²) in [6.45, 7) is 4.87. The van der Waals surface area contributed by atoms with Gasteiger partial charge in [0.25, 0.3) is 0 Å². The normalized spacial score (nSPS) is 17.6. The number of amides is 1. The van der Waals surface area contributed by atoms with Crippen molar-refractivity contribution in [2.75, 3.05) is 26.2 Å². The fraction of sp³-hybridized carbons (Fsp3) is 0.467. The van der Waals surface area contributed by atoms with Crippen LogP contribution in [0.2, 0.25) is 0 Å². The van der Waals surface area contributed by atoms with Gasteiger partial charge in [-0.1, -0.05) is 28.1 Å². The zero-order valence-corrected chi connectivity index (χ0v) is 13.1. The van der Waals surface area contributed by atoms with E-state index in [0.29, 0.717) is 19.5 Å². The summed E-state index contributed by atoms with van der Waals surface area (Å²) in [6, 6.07) is 10.0. The van der Waals surface area contributed by atoms with E-state index >= 15 is 0 Å². The van der Waals surface area contributed by atoms with Crippen molar-refractivity contribution in [3.8, 4) is 6.07 Å². The zero-order chi connectivity index (χ0) is 14.5. The van der Waals surface area contributed by atoms with Crippen LogP contribution in [0, 0.1) is 11.3 Å². The number of rotatable bonds is 3. The first-order valence-corrected chi connectivity index (χ1v) is 7.55. The Morgan fingerprint density at radius 2 is 2.10 bits per heavy atom. The SMILES string of the molecule is CC(C#N)N1CCN(C(=O)Cc2cccc(Br)c2)CC1. The summed E-state index contributed by atoms with van der Waals surface area (Å²) in [5, 5.41) is 8.91. The van der Waals surface area contributed by atoms with E-state index in [4.69, 9.17) is 5.26 Å². The Balaban J connectivity index is 1.88. The lowest BCUT2D eigenvalue weighted by molar-refractivity contribution is -0.132. The molecule has 1 saturated heterocycles. The molecule has 0 aromatic heterocycles. The maximum atomic E-state index is 12.3. The molecule has 1 aliphatic heterocycles. The molecule has 106 valence electrons. The van der Waals surface area contributed by atoms with E-state index in [1.54, 1.807) is 0 Å². The second-order valence-corrected chi connectivity index (χ2v) is 5.94. The van der Waals surface area contributed by atoms with Crippen LogP contribution in [0.15, 0.2) is 28.7 Å². The monoisotopic (exact) mass is 335 g/mol. The van der Waals surface area contributed by atoms with Crippen molar-refractivity contribution in [2.45, 2.75) is 19.4 Å². The van der Waals surface area contributed by atoms with E-state index in [9.17, 15) is 4.79 Å². The Kier molecular flexibility index (Phi) is 5.16. The highest BCUT2D eigenvalue weighted by atomic mass is 79.9. The van der Waals surface area contributed by atoms with Gasteiger partial charge < -0.3 is 4.90 Å². The molecule has 1 atom stereocenters. The van der Waals surface area contributed by atoms with Crippen molar-refractivity contribution in [3.05, 3.63) is 34.3 Å². The standard InChI is InChI=1S/C15H18BrN3O/c1-12(11-17)18-5-7-19(8-6-18)15(20)10-13-3-2-4-14(16)9-13/h2-4,9,12H,5-8,10H2,1H3. The van der Waals surface area contributed by atoms with Crippen LogP contribution in [-0.2, 0) is 11.2 Å². The fourth-order valence-electron chi connectivity index (χ4n) is 2.37. The molecule has 1 amide bonds. The van der Waals surface area contributed by atoms with Gasteiger partial charge in [-0.25, -0.2) is 0 Å². The Morgan fingerprint density at radius 3 is 2.70 bits per heavy atom. The van der Waals surface area contributed by atoms with Gasteiger partial charge in [0.1, 0.15) is 0 Å². The van der Waals surface area contributed by atoms with Crippen LogP contribution < -0.4 is 0 Å².